The molecule has 1 rings (SSSR count). The number of allylic oxidation sites excluding steroid dienone is 1. The van der Waals surface area contributed by atoms with Gasteiger partial charge >= 0.3 is 0 Å². The van der Waals surface area contributed by atoms with Crippen molar-refractivity contribution in [2.24, 2.45) is 0 Å². The molecule has 0 atom stereocenters. The molecule has 0 aliphatic carbocycles. The van der Waals surface area contributed by atoms with Crippen LogP contribution in [0.3, 0.4) is 0 Å². The Kier molecular flexibility index (Phi) is 3.57. The Morgan fingerprint density at radius 3 is 2.71 bits per heavy atom. The van der Waals surface area contributed by atoms with Gasteiger partial charge in [0.25, 0.3) is 0 Å². The molecule has 1 N–H and O–H groups in total. The highest BCUT2D eigenvalue weighted by Gasteiger charge is 1.98. The highest BCUT2D eigenvalue weighted by Crippen LogP contribution is 2.22. The van der Waals surface area contributed by atoms with E-state index < -0.39 is 0 Å². The van der Waals surface area contributed by atoms with Crippen molar-refractivity contribution in [2.45, 2.75) is 20.8 Å². The Bertz CT molecular complexity index is 336. The van der Waals surface area contributed by atoms with Crippen LogP contribution in [0.25, 0.3) is 0 Å². The van der Waals surface area contributed by atoms with Gasteiger partial charge in [0.2, 0.25) is 0 Å². The lowest BCUT2D eigenvalue weighted by Crippen LogP contribution is -1.95. The summed E-state index contributed by atoms with van der Waals surface area (Å²) in [6.07, 6.45) is 2.02. The van der Waals surface area contributed by atoms with Gasteiger partial charge in [-0.3, -0.25) is 0 Å². The molecule has 0 radical (unpaired) electrons. The van der Waals surface area contributed by atoms with Crippen molar-refractivity contribution < 1.29 is 9.84 Å². The average Bonchev–Trinajstić information content (AvgIpc) is 2.08. The van der Waals surface area contributed by atoms with Crippen molar-refractivity contribution in [1.82, 2.24) is 0 Å². The molecule has 0 spiro atoms. The summed E-state index contributed by atoms with van der Waals surface area (Å²) >= 11 is 0. The monoisotopic (exact) mass is 192 g/mol. The zero-order valence-corrected chi connectivity index (χ0v) is 8.87. The van der Waals surface area contributed by atoms with Gasteiger partial charge < -0.3 is 9.84 Å². The van der Waals surface area contributed by atoms with Crippen molar-refractivity contribution in [1.29, 1.82) is 0 Å². The van der Waals surface area contributed by atoms with E-state index in [4.69, 9.17) is 4.74 Å². The maximum Gasteiger partial charge on any atom is 0.122 e. The number of phenolic OH excluding ortho intramolecular Hbond substituents is 1. The molecule has 76 valence electrons. The second kappa shape index (κ2) is 4.70. The zero-order valence-electron chi connectivity index (χ0n) is 8.87. The van der Waals surface area contributed by atoms with Crippen molar-refractivity contribution in [3.8, 4) is 11.5 Å². The minimum atomic E-state index is 0.275. The first-order valence-electron chi connectivity index (χ1n) is 4.65. The molecule has 0 bridgehead atoms. The number of rotatable bonds is 3. The number of ether oxygens (including phenoxy) is 1. The van der Waals surface area contributed by atoms with Gasteiger partial charge in [-0.1, -0.05) is 5.57 Å². The SMILES string of the molecule is CC(C)=CCOc1ccc(O)cc1C. The molecule has 0 unspecified atom stereocenters. The molecule has 0 fully saturated rings. The Hall–Kier alpha value is -1.44. The summed E-state index contributed by atoms with van der Waals surface area (Å²) in [6.45, 7) is 6.56. The van der Waals surface area contributed by atoms with Gasteiger partial charge in [0, 0.05) is 0 Å². The van der Waals surface area contributed by atoms with Gasteiger partial charge in [0.1, 0.15) is 18.1 Å². The van der Waals surface area contributed by atoms with E-state index in [1.165, 1.54) is 5.57 Å². The van der Waals surface area contributed by atoms with Crippen LogP contribution >= 0.6 is 0 Å². The summed E-state index contributed by atoms with van der Waals surface area (Å²) in [4.78, 5) is 0. The van der Waals surface area contributed by atoms with Crippen LogP contribution in [0.5, 0.6) is 11.5 Å². The van der Waals surface area contributed by atoms with Crippen molar-refractivity contribution >= 4 is 0 Å². The summed E-state index contributed by atoms with van der Waals surface area (Å²) in [5, 5.41) is 9.18. The van der Waals surface area contributed by atoms with E-state index in [1.54, 1.807) is 18.2 Å². The van der Waals surface area contributed by atoms with Gasteiger partial charge in [0.05, 0.1) is 0 Å². The van der Waals surface area contributed by atoms with Gasteiger partial charge in [-0.15, -0.1) is 0 Å². The first-order valence-corrected chi connectivity index (χ1v) is 4.65. The van der Waals surface area contributed by atoms with Gasteiger partial charge in [-0.05, 0) is 50.6 Å². The molecule has 0 amide bonds. The molecule has 2 nitrogen and oxygen atoms in total. The van der Waals surface area contributed by atoms with E-state index in [2.05, 4.69) is 0 Å². The predicted molar refractivity (Wildman–Crippen MR) is 57.8 cm³/mol. The third kappa shape index (κ3) is 3.13. The molecular formula is C12H16O2. The smallest absolute Gasteiger partial charge is 0.122 e. The lowest BCUT2D eigenvalue weighted by Gasteiger charge is -2.07. The van der Waals surface area contributed by atoms with Crippen LogP contribution < -0.4 is 4.74 Å². The summed E-state index contributed by atoms with van der Waals surface area (Å²) in [6, 6.07) is 5.10. The van der Waals surface area contributed by atoms with E-state index in [1.807, 2.05) is 26.8 Å². The summed E-state index contributed by atoms with van der Waals surface area (Å²) in [7, 11) is 0. The fraction of sp³-hybridized carbons (Fsp3) is 0.333. The van der Waals surface area contributed by atoms with Crippen molar-refractivity contribution in [2.75, 3.05) is 6.61 Å². The molecule has 0 saturated heterocycles. The van der Waals surface area contributed by atoms with Crippen LogP contribution in [0, 0.1) is 6.92 Å². The third-order valence-electron chi connectivity index (χ3n) is 1.89. The number of aryl methyl sites for hydroxylation is 1. The Balaban J connectivity index is 2.64. The van der Waals surface area contributed by atoms with Crippen LogP contribution in [-0.2, 0) is 0 Å². The van der Waals surface area contributed by atoms with Crippen LogP contribution in [0.4, 0.5) is 0 Å². The molecule has 2 heteroatoms. The quantitative estimate of drug-likeness (QED) is 0.746. The minimum absolute atomic E-state index is 0.275. The number of hydrogen-bond acceptors (Lipinski definition) is 2. The lowest BCUT2D eigenvalue weighted by molar-refractivity contribution is 0.358. The van der Waals surface area contributed by atoms with Crippen LogP contribution in [0.2, 0.25) is 0 Å². The minimum Gasteiger partial charge on any atom is -0.508 e. The number of aromatic hydroxyl groups is 1. The topological polar surface area (TPSA) is 29.5 Å². The summed E-state index contributed by atoms with van der Waals surface area (Å²) in [5.41, 5.74) is 2.19. The van der Waals surface area contributed by atoms with Crippen LogP contribution in [0.15, 0.2) is 29.8 Å². The Morgan fingerprint density at radius 1 is 1.43 bits per heavy atom. The predicted octanol–water partition coefficient (Wildman–Crippen LogP) is 3.05. The second-order valence-corrected chi connectivity index (χ2v) is 3.54. The fourth-order valence-corrected chi connectivity index (χ4v) is 1.09. The van der Waals surface area contributed by atoms with E-state index in [9.17, 15) is 5.11 Å². The molecule has 0 saturated carbocycles. The Morgan fingerprint density at radius 2 is 2.14 bits per heavy atom. The second-order valence-electron chi connectivity index (χ2n) is 3.54. The molecule has 1 aromatic carbocycles. The first kappa shape index (κ1) is 10.6. The average molecular weight is 192 g/mol. The molecule has 1 aromatic rings. The lowest BCUT2D eigenvalue weighted by atomic mass is 10.2. The molecule has 14 heavy (non-hydrogen) atoms. The van der Waals surface area contributed by atoms with Gasteiger partial charge in [0.15, 0.2) is 0 Å². The first-order chi connectivity index (χ1) is 6.59. The van der Waals surface area contributed by atoms with Crippen LogP contribution in [-0.4, -0.2) is 11.7 Å². The van der Waals surface area contributed by atoms with E-state index >= 15 is 0 Å². The van der Waals surface area contributed by atoms with Gasteiger partial charge in [-0.25, -0.2) is 0 Å². The number of hydrogen-bond donors (Lipinski definition) is 1. The normalized spacial score (nSPS) is 9.64. The standard InChI is InChI=1S/C12H16O2/c1-9(2)6-7-14-12-5-4-11(13)8-10(12)3/h4-6,8,13H,7H2,1-3H3. The molecule has 0 aliphatic heterocycles. The molecule has 0 aliphatic rings. The van der Waals surface area contributed by atoms with Crippen molar-refractivity contribution in [3.05, 3.63) is 35.4 Å². The highest BCUT2D eigenvalue weighted by molar-refractivity contribution is 5.38. The van der Waals surface area contributed by atoms with E-state index in [0.717, 1.165) is 11.3 Å². The van der Waals surface area contributed by atoms with E-state index in [0.29, 0.717) is 6.61 Å². The Labute approximate surface area is 84.8 Å². The molecule has 0 aromatic heterocycles. The van der Waals surface area contributed by atoms with Crippen molar-refractivity contribution in [3.63, 3.8) is 0 Å². The maximum atomic E-state index is 9.18. The van der Waals surface area contributed by atoms with Gasteiger partial charge in [-0.2, -0.15) is 0 Å². The maximum absolute atomic E-state index is 9.18. The summed E-state index contributed by atoms with van der Waals surface area (Å²) in [5.74, 6) is 1.09. The largest absolute Gasteiger partial charge is 0.508 e. The van der Waals surface area contributed by atoms with E-state index in [-0.39, 0.29) is 5.75 Å². The highest BCUT2D eigenvalue weighted by atomic mass is 16.5. The third-order valence-corrected chi connectivity index (χ3v) is 1.89. The number of phenols is 1. The zero-order chi connectivity index (χ0) is 10.6. The summed E-state index contributed by atoms with van der Waals surface area (Å²) < 4.78 is 5.52. The number of benzene rings is 1. The molecule has 0 heterocycles. The van der Waals surface area contributed by atoms with Crippen LogP contribution in [0.1, 0.15) is 19.4 Å². The fourth-order valence-electron chi connectivity index (χ4n) is 1.09. The molecular weight excluding hydrogens is 176 g/mol.